The highest BCUT2D eigenvalue weighted by atomic mass is 32.2. The average Bonchev–Trinajstić information content (AvgIpc) is 3.36. The number of amides is 1. The van der Waals surface area contributed by atoms with Gasteiger partial charge in [-0.3, -0.25) is 4.79 Å². The number of carbonyl (C=O) groups is 1. The van der Waals surface area contributed by atoms with E-state index in [2.05, 4.69) is 20.8 Å². The Hall–Kier alpha value is -3.31. The van der Waals surface area contributed by atoms with Gasteiger partial charge < -0.3 is 10.1 Å². The molecule has 0 bridgehead atoms. The Bertz CT molecular complexity index is 1170. The second-order valence-corrected chi connectivity index (χ2v) is 9.31. The van der Waals surface area contributed by atoms with Crippen molar-refractivity contribution in [3.05, 3.63) is 54.9 Å². The van der Waals surface area contributed by atoms with Crippen LogP contribution in [-0.2, 0) is 14.8 Å². The molecule has 1 saturated heterocycles. The van der Waals surface area contributed by atoms with Gasteiger partial charge in [-0.15, -0.1) is 5.10 Å². The summed E-state index contributed by atoms with van der Waals surface area (Å²) in [4.78, 5) is 13.1. The van der Waals surface area contributed by atoms with E-state index in [1.165, 1.54) is 27.4 Å². The minimum absolute atomic E-state index is 0.125. The highest BCUT2D eigenvalue weighted by Crippen LogP contribution is 2.28. The van der Waals surface area contributed by atoms with Crippen LogP contribution in [0.3, 0.4) is 0 Å². The van der Waals surface area contributed by atoms with Gasteiger partial charge in [-0.25, -0.2) is 13.1 Å². The van der Waals surface area contributed by atoms with Gasteiger partial charge in [0.1, 0.15) is 12.1 Å². The molecule has 2 heterocycles. The van der Waals surface area contributed by atoms with Crippen LogP contribution in [0.2, 0.25) is 0 Å². The zero-order valence-corrected chi connectivity index (χ0v) is 18.4. The first-order chi connectivity index (χ1) is 15.5. The molecular weight excluding hydrogens is 432 g/mol. The van der Waals surface area contributed by atoms with Gasteiger partial charge in [0.05, 0.1) is 28.8 Å². The van der Waals surface area contributed by atoms with Crippen LogP contribution in [0, 0.1) is 5.92 Å². The second kappa shape index (κ2) is 9.45. The zero-order valence-electron chi connectivity index (χ0n) is 17.6. The molecule has 32 heavy (non-hydrogen) atoms. The highest BCUT2D eigenvalue weighted by Gasteiger charge is 2.33. The third-order valence-corrected chi connectivity index (χ3v) is 7.17. The molecule has 0 unspecified atom stereocenters. The standard InChI is InChI=1S/C21H24N6O4S/c1-2-31-20-8-4-3-7-19(20)23-21(28)16-6-5-13-26(14-16)32(29,30)18-11-9-17(10-12-18)27-15-22-24-25-27/h3-4,7-12,15-16H,2,5-6,13-14H2,1H3,(H,23,28)/t16-/m1/s1. The summed E-state index contributed by atoms with van der Waals surface area (Å²) in [7, 11) is -3.74. The average molecular weight is 457 g/mol. The summed E-state index contributed by atoms with van der Waals surface area (Å²) < 4.78 is 34.7. The third kappa shape index (κ3) is 4.63. The smallest absolute Gasteiger partial charge is 0.243 e. The van der Waals surface area contributed by atoms with Crippen molar-refractivity contribution < 1.29 is 17.9 Å². The van der Waals surface area contributed by atoms with Gasteiger partial charge in [-0.2, -0.15) is 4.31 Å². The maximum absolute atomic E-state index is 13.2. The van der Waals surface area contributed by atoms with Crippen molar-refractivity contribution in [2.45, 2.75) is 24.7 Å². The largest absolute Gasteiger partial charge is 0.492 e. The lowest BCUT2D eigenvalue weighted by molar-refractivity contribution is -0.120. The van der Waals surface area contributed by atoms with Crippen LogP contribution in [0.1, 0.15) is 19.8 Å². The molecule has 0 saturated carbocycles. The van der Waals surface area contributed by atoms with Crippen LogP contribution in [0.15, 0.2) is 59.8 Å². The highest BCUT2D eigenvalue weighted by molar-refractivity contribution is 7.89. The summed E-state index contributed by atoms with van der Waals surface area (Å²) in [5.41, 5.74) is 1.23. The number of sulfonamides is 1. The third-order valence-electron chi connectivity index (χ3n) is 5.29. The van der Waals surface area contributed by atoms with E-state index in [1.54, 1.807) is 24.3 Å². The minimum atomic E-state index is -3.74. The minimum Gasteiger partial charge on any atom is -0.492 e. The number of nitrogens with one attached hydrogen (secondary N) is 1. The molecule has 1 fully saturated rings. The SMILES string of the molecule is CCOc1ccccc1NC(=O)[C@@H]1CCCN(S(=O)(=O)c2ccc(-n3cnnn3)cc2)C1. The molecule has 168 valence electrons. The fourth-order valence-corrected chi connectivity index (χ4v) is 5.18. The summed E-state index contributed by atoms with van der Waals surface area (Å²) in [5.74, 6) is -0.0777. The van der Waals surface area contributed by atoms with E-state index in [4.69, 9.17) is 4.74 Å². The Morgan fingerprint density at radius 2 is 1.97 bits per heavy atom. The molecule has 0 radical (unpaired) electrons. The molecule has 3 aromatic rings. The molecule has 1 N–H and O–H groups in total. The van der Waals surface area contributed by atoms with E-state index in [-0.39, 0.29) is 17.3 Å². The van der Waals surface area contributed by atoms with E-state index >= 15 is 0 Å². The molecule has 10 nitrogen and oxygen atoms in total. The predicted molar refractivity (Wildman–Crippen MR) is 117 cm³/mol. The van der Waals surface area contributed by atoms with Crippen molar-refractivity contribution in [1.82, 2.24) is 24.5 Å². The summed E-state index contributed by atoms with van der Waals surface area (Å²) in [6.45, 7) is 2.85. The lowest BCUT2D eigenvalue weighted by Gasteiger charge is -2.31. The van der Waals surface area contributed by atoms with Crippen LogP contribution < -0.4 is 10.1 Å². The number of carbonyl (C=O) groups excluding carboxylic acids is 1. The number of hydrogen-bond acceptors (Lipinski definition) is 7. The number of anilines is 1. The van der Waals surface area contributed by atoms with E-state index < -0.39 is 15.9 Å². The molecule has 1 aliphatic heterocycles. The summed E-state index contributed by atoms with van der Waals surface area (Å²) in [6.07, 6.45) is 2.65. The van der Waals surface area contributed by atoms with Crippen molar-refractivity contribution in [2.75, 3.05) is 25.0 Å². The lowest BCUT2D eigenvalue weighted by atomic mass is 9.98. The normalized spacial score (nSPS) is 17.1. The summed E-state index contributed by atoms with van der Waals surface area (Å²) >= 11 is 0. The molecule has 4 rings (SSSR count). The van der Waals surface area contributed by atoms with Gasteiger partial charge in [-0.1, -0.05) is 12.1 Å². The van der Waals surface area contributed by atoms with Crippen molar-refractivity contribution in [3.8, 4) is 11.4 Å². The first kappa shape index (κ1) is 21.9. The fourth-order valence-electron chi connectivity index (χ4n) is 3.66. The number of para-hydroxylation sites is 2. The van der Waals surface area contributed by atoms with Crippen molar-refractivity contribution >= 4 is 21.6 Å². The molecule has 0 aliphatic carbocycles. The molecular formula is C21H24N6O4S. The first-order valence-corrected chi connectivity index (χ1v) is 11.8. The predicted octanol–water partition coefficient (Wildman–Crippen LogP) is 2.10. The van der Waals surface area contributed by atoms with Gasteiger partial charge in [0.2, 0.25) is 15.9 Å². The van der Waals surface area contributed by atoms with Crippen molar-refractivity contribution in [1.29, 1.82) is 0 Å². The molecule has 1 aliphatic rings. The number of benzene rings is 2. The molecule has 1 aromatic heterocycles. The lowest BCUT2D eigenvalue weighted by Crippen LogP contribution is -2.43. The van der Waals surface area contributed by atoms with Crippen LogP contribution in [0.4, 0.5) is 5.69 Å². The number of aromatic nitrogens is 4. The number of nitrogens with zero attached hydrogens (tertiary/aromatic N) is 5. The number of ether oxygens (including phenoxy) is 1. The van der Waals surface area contributed by atoms with E-state index in [0.29, 0.717) is 43.1 Å². The Morgan fingerprint density at radius 1 is 1.19 bits per heavy atom. The van der Waals surface area contributed by atoms with Crippen molar-refractivity contribution in [3.63, 3.8) is 0 Å². The number of rotatable bonds is 7. The van der Waals surface area contributed by atoms with Gasteiger partial charge >= 0.3 is 0 Å². The van der Waals surface area contributed by atoms with Crippen LogP contribution in [0.25, 0.3) is 5.69 Å². The summed E-state index contributed by atoms with van der Waals surface area (Å²) in [6, 6.07) is 13.5. The fraction of sp³-hybridized carbons (Fsp3) is 0.333. The Morgan fingerprint density at radius 3 is 2.69 bits per heavy atom. The van der Waals surface area contributed by atoms with Gasteiger partial charge in [0, 0.05) is 13.1 Å². The maximum Gasteiger partial charge on any atom is 0.243 e. The van der Waals surface area contributed by atoms with Crippen LogP contribution in [-0.4, -0.2) is 58.5 Å². The maximum atomic E-state index is 13.2. The van der Waals surface area contributed by atoms with E-state index in [0.717, 1.165) is 0 Å². The van der Waals surface area contributed by atoms with Gasteiger partial charge in [-0.05, 0) is 66.6 Å². The summed E-state index contributed by atoms with van der Waals surface area (Å²) in [5, 5.41) is 13.8. The first-order valence-electron chi connectivity index (χ1n) is 10.4. The van der Waals surface area contributed by atoms with Gasteiger partial charge in [0.25, 0.3) is 0 Å². The Kier molecular flexibility index (Phi) is 6.47. The van der Waals surface area contributed by atoms with Gasteiger partial charge in [0.15, 0.2) is 0 Å². The molecule has 1 amide bonds. The topological polar surface area (TPSA) is 119 Å². The number of piperidine rings is 1. The Labute approximate surface area is 186 Å². The van der Waals surface area contributed by atoms with E-state index in [1.807, 2.05) is 19.1 Å². The van der Waals surface area contributed by atoms with E-state index in [9.17, 15) is 13.2 Å². The number of tetrazole rings is 1. The van der Waals surface area contributed by atoms with Crippen molar-refractivity contribution in [2.24, 2.45) is 5.92 Å². The monoisotopic (exact) mass is 456 g/mol. The molecule has 1 atom stereocenters. The second-order valence-electron chi connectivity index (χ2n) is 7.37. The molecule has 0 spiro atoms. The Balaban J connectivity index is 1.46. The number of hydrogen-bond donors (Lipinski definition) is 1. The molecule has 11 heteroatoms. The quantitative estimate of drug-likeness (QED) is 0.578. The molecule has 2 aromatic carbocycles. The van der Waals surface area contributed by atoms with Crippen LogP contribution >= 0.6 is 0 Å². The zero-order chi connectivity index (χ0) is 22.6. The van der Waals surface area contributed by atoms with Crippen LogP contribution in [0.5, 0.6) is 5.75 Å².